The van der Waals surface area contributed by atoms with E-state index in [4.69, 9.17) is 0 Å². The summed E-state index contributed by atoms with van der Waals surface area (Å²) in [4.78, 5) is 0. The smallest absolute Gasteiger partial charge is 0.00258 e. The van der Waals surface area contributed by atoms with Crippen LogP contribution in [-0.2, 0) is 0 Å². The van der Waals surface area contributed by atoms with Gasteiger partial charge in [0, 0.05) is 0 Å². The topological polar surface area (TPSA) is 12.0 Å². The summed E-state index contributed by atoms with van der Waals surface area (Å²) in [6.07, 6.45) is 14.8. The molecule has 0 bridgehead atoms. The lowest BCUT2D eigenvalue weighted by atomic mass is 9.83. The summed E-state index contributed by atoms with van der Waals surface area (Å²) in [5, 5.41) is 3.57. The van der Waals surface area contributed by atoms with E-state index in [1.165, 1.54) is 31.3 Å². The van der Waals surface area contributed by atoms with Crippen LogP contribution in [0.3, 0.4) is 0 Å². The van der Waals surface area contributed by atoms with Crippen molar-refractivity contribution in [2.24, 2.45) is 23.7 Å². The van der Waals surface area contributed by atoms with Gasteiger partial charge in [0.15, 0.2) is 0 Å². The molecule has 2 unspecified atom stereocenters. The van der Waals surface area contributed by atoms with Gasteiger partial charge in [0.25, 0.3) is 0 Å². The minimum Gasteiger partial charge on any atom is -0.316 e. The van der Waals surface area contributed by atoms with Crippen molar-refractivity contribution in [3.8, 4) is 0 Å². The average Bonchev–Trinajstić information content (AvgIpc) is 2.46. The van der Waals surface area contributed by atoms with Crippen LogP contribution in [0.2, 0.25) is 0 Å². The highest BCUT2D eigenvalue weighted by Gasteiger charge is 2.15. The summed E-state index contributed by atoms with van der Waals surface area (Å²) < 4.78 is 0. The minimum atomic E-state index is 0.669. The molecule has 0 fully saturated rings. The van der Waals surface area contributed by atoms with E-state index in [0.29, 0.717) is 17.8 Å². The fourth-order valence-corrected chi connectivity index (χ4v) is 3.32. The van der Waals surface area contributed by atoms with E-state index >= 15 is 0 Å². The third-order valence-electron chi connectivity index (χ3n) is 4.62. The molecule has 1 nitrogen and oxygen atoms in total. The Morgan fingerprint density at radius 2 is 2.04 bits per heavy atom. The molecule has 1 aliphatic carbocycles. The zero-order valence-electron chi connectivity index (χ0n) is 16.4. The highest BCUT2D eigenvalue weighted by Crippen LogP contribution is 2.28. The van der Waals surface area contributed by atoms with Crippen molar-refractivity contribution in [3.05, 3.63) is 35.5 Å². The first-order valence-electron chi connectivity index (χ1n) is 9.62. The van der Waals surface area contributed by atoms with Gasteiger partial charge in [0.05, 0.1) is 0 Å². The van der Waals surface area contributed by atoms with E-state index < -0.39 is 0 Å². The standard InChI is InChI=1S/C22H39N/c1-17(2)14-21(8-7-13-23-16-18(3)4)15-20(6)22-11-9-19(5)10-12-22/h9,11-12,14,18-21,23H,7-8,10,13,15-16H2,1-6H3/t19?,20-,21?/m0/s1. The minimum absolute atomic E-state index is 0.669. The first-order valence-corrected chi connectivity index (χ1v) is 9.62. The van der Waals surface area contributed by atoms with Crippen molar-refractivity contribution >= 4 is 0 Å². The van der Waals surface area contributed by atoms with Gasteiger partial charge in [-0.15, -0.1) is 0 Å². The number of hydrogen-bond acceptors (Lipinski definition) is 1. The first-order chi connectivity index (χ1) is 10.9. The third-order valence-corrected chi connectivity index (χ3v) is 4.62. The number of allylic oxidation sites excluding steroid dienone is 6. The lowest BCUT2D eigenvalue weighted by molar-refractivity contribution is 0.441. The van der Waals surface area contributed by atoms with Crippen LogP contribution in [0.5, 0.6) is 0 Å². The largest absolute Gasteiger partial charge is 0.316 e. The van der Waals surface area contributed by atoms with Crippen LogP contribution >= 0.6 is 0 Å². The Kier molecular flexibility index (Phi) is 9.55. The molecule has 0 saturated carbocycles. The molecule has 0 aromatic carbocycles. The van der Waals surface area contributed by atoms with E-state index in [1.807, 2.05) is 0 Å². The fraction of sp³-hybridized carbons (Fsp3) is 0.727. The average molecular weight is 318 g/mol. The maximum absolute atomic E-state index is 3.57. The molecule has 1 rings (SSSR count). The summed E-state index contributed by atoms with van der Waals surface area (Å²) in [6.45, 7) is 16.0. The molecule has 0 aliphatic heterocycles. The molecule has 3 atom stereocenters. The molecule has 0 heterocycles. The SMILES string of the molecule is CC(C)=CC(CCCNCC(C)C)C[C@H](C)C1=CCC(C)C=C1. The Labute approximate surface area is 145 Å². The van der Waals surface area contributed by atoms with Crippen molar-refractivity contribution < 1.29 is 0 Å². The summed E-state index contributed by atoms with van der Waals surface area (Å²) in [5.74, 6) is 2.84. The Hall–Kier alpha value is -0.820. The van der Waals surface area contributed by atoms with Gasteiger partial charge in [-0.1, -0.05) is 57.6 Å². The molecule has 0 aromatic rings. The number of rotatable bonds is 10. The summed E-state index contributed by atoms with van der Waals surface area (Å²) >= 11 is 0. The maximum atomic E-state index is 3.57. The van der Waals surface area contributed by atoms with Gasteiger partial charge in [-0.25, -0.2) is 0 Å². The molecule has 1 aliphatic rings. The monoisotopic (exact) mass is 317 g/mol. The molecule has 23 heavy (non-hydrogen) atoms. The zero-order valence-corrected chi connectivity index (χ0v) is 16.4. The van der Waals surface area contributed by atoms with Gasteiger partial charge in [-0.3, -0.25) is 0 Å². The molecular formula is C22H39N. The summed E-state index contributed by atoms with van der Waals surface area (Å²) in [6, 6.07) is 0. The van der Waals surface area contributed by atoms with Crippen LogP contribution in [-0.4, -0.2) is 13.1 Å². The molecule has 0 aromatic heterocycles. The summed E-state index contributed by atoms with van der Waals surface area (Å²) in [7, 11) is 0. The first kappa shape index (κ1) is 20.2. The Morgan fingerprint density at radius 1 is 1.30 bits per heavy atom. The molecule has 0 amide bonds. The number of hydrogen-bond donors (Lipinski definition) is 1. The summed E-state index contributed by atoms with van der Waals surface area (Å²) in [5.41, 5.74) is 3.01. The molecule has 0 saturated heterocycles. The van der Waals surface area contributed by atoms with E-state index in [1.54, 1.807) is 5.57 Å². The van der Waals surface area contributed by atoms with Crippen LogP contribution in [0.4, 0.5) is 0 Å². The van der Waals surface area contributed by atoms with E-state index in [9.17, 15) is 0 Å². The van der Waals surface area contributed by atoms with Crippen molar-refractivity contribution in [3.63, 3.8) is 0 Å². The molecule has 1 N–H and O–H groups in total. The van der Waals surface area contributed by atoms with Crippen LogP contribution in [0.1, 0.15) is 67.2 Å². The van der Waals surface area contributed by atoms with Crippen molar-refractivity contribution in [2.75, 3.05) is 13.1 Å². The van der Waals surface area contributed by atoms with Gasteiger partial charge < -0.3 is 5.32 Å². The predicted molar refractivity (Wildman–Crippen MR) is 105 cm³/mol. The van der Waals surface area contributed by atoms with Crippen LogP contribution in [0, 0.1) is 23.7 Å². The fourth-order valence-electron chi connectivity index (χ4n) is 3.32. The van der Waals surface area contributed by atoms with Crippen molar-refractivity contribution in [1.29, 1.82) is 0 Å². The predicted octanol–water partition coefficient (Wildman–Crippen LogP) is 6.14. The van der Waals surface area contributed by atoms with Gasteiger partial charge >= 0.3 is 0 Å². The van der Waals surface area contributed by atoms with E-state index in [0.717, 1.165) is 19.0 Å². The quantitative estimate of drug-likeness (QED) is 0.377. The third kappa shape index (κ3) is 9.15. The molecule has 1 heteroatoms. The van der Waals surface area contributed by atoms with E-state index in [2.05, 4.69) is 71.2 Å². The number of nitrogens with one attached hydrogen (secondary N) is 1. The van der Waals surface area contributed by atoms with Crippen LogP contribution < -0.4 is 5.32 Å². The molecule has 132 valence electrons. The second-order valence-electron chi connectivity index (χ2n) is 8.16. The second kappa shape index (κ2) is 10.9. The second-order valence-corrected chi connectivity index (χ2v) is 8.16. The Morgan fingerprint density at radius 3 is 2.61 bits per heavy atom. The van der Waals surface area contributed by atoms with Gasteiger partial charge in [-0.2, -0.15) is 0 Å². The van der Waals surface area contributed by atoms with Crippen LogP contribution in [0.15, 0.2) is 35.5 Å². The molecule has 0 radical (unpaired) electrons. The Balaban J connectivity index is 2.44. The lowest BCUT2D eigenvalue weighted by Gasteiger charge is -2.22. The molecular weight excluding hydrogens is 278 g/mol. The van der Waals surface area contributed by atoms with Crippen molar-refractivity contribution in [1.82, 2.24) is 5.32 Å². The Bertz CT molecular complexity index is 410. The maximum Gasteiger partial charge on any atom is -0.00258 e. The van der Waals surface area contributed by atoms with Gasteiger partial charge in [0.1, 0.15) is 0 Å². The zero-order chi connectivity index (χ0) is 17.2. The normalized spacial score (nSPS) is 20.3. The van der Waals surface area contributed by atoms with Gasteiger partial charge in [-0.05, 0) is 81.9 Å². The van der Waals surface area contributed by atoms with E-state index in [-0.39, 0.29) is 0 Å². The van der Waals surface area contributed by atoms with Crippen LogP contribution in [0.25, 0.3) is 0 Å². The van der Waals surface area contributed by atoms with Crippen molar-refractivity contribution in [2.45, 2.75) is 67.2 Å². The highest BCUT2D eigenvalue weighted by atomic mass is 14.8. The molecule has 0 spiro atoms. The van der Waals surface area contributed by atoms with Gasteiger partial charge in [0.2, 0.25) is 0 Å². The lowest BCUT2D eigenvalue weighted by Crippen LogP contribution is -2.21. The highest BCUT2D eigenvalue weighted by molar-refractivity contribution is 5.25.